The van der Waals surface area contributed by atoms with Crippen molar-refractivity contribution in [3.8, 4) is 5.75 Å². The molecule has 2 N–H and O–H groups in total. The Hall–Kier alpha value is -1.02. The van der Waals surface area contributed by atoms with Gasteiger partial charge < -0.3 is 20.1 Å². The van der Waals surface area contributed by atoms with Crippen LogP contribution in [0.5, 0.6) is 5.75 Å². The summed E-state index contributed by atoms with van der Waals surface area (Å²) in [4.78, 5) is 4.40. The zero-order valence-corrected chi connectivity index (χ0v) is 19.8. The molecule has 0 radical (unpaired) electrons. The molecule has 0 spiro atoms. The summed E-state index contributed by atoms with van der Waals surface area (Å²) in [5.41, 5.74) is 1.59. The van der Waals surface area contributed by atoms with Crippen LogP contribution in [0.25, 0.3) is 0 Å². The number of guanidine groups is 1. The highest BCUT2D eigenvalue weighted by atomic mass is 127. The van der Waals surface area contributed by atoms with Crippen molar-refractivity contribution in [3.05, 3.63) is 29.8 Å². The molecule has 0 amide bonds. The average Bonchev–Trinajstić information content (AvgIpc) is 2.62. The highest BCUT2D eigenvalue weighted by Crippen LogP contribution is 2.43. The Labute approximate surface area is 181 Å². The van der Waals surface area contributed by atoms with Crippen molar-refractivity contribution < 1.29 is 9.47 Å². The first-order valence-electron chi connectivity index (χ1n) is 9.53. The number of nitrogens with one attached hydrogen (secondary N) is 2. The van der Waals surface area contributed by atoms with Gasteiger partial charge in [-0.25, -0.2) is 0 Å². The number of benzene rings is 1. The lowest BCUT2D eigenvalue weighted by Crippen LogP contribution is -2.49. The molecule has 154 valence electrons. The molecule has 0 bridgehead atoms. The third-order valence-electron chi connectivity index (χ3n) is 5.65. The van der Waals surface area contributed by atoms with Gasteiger partial charge in [0, 0.05) is 39.3 Å². The van der Waals surface area contributed by atoms with Gasteiger partial charge >= 0.3 is 0 Å². The van der Waals surface area contributed by atoms with Gasteiger partial charge in [0.05, 0.1) is 7.11 Å². The van der Waals surface area contributed by atoms with Gasteiger partial charge in [0.25, 0.3) is 0 Å². The van der Waals surface area contributed by atoms with Gasteiger partial charge in [-0.1, -0.05) is 32.4 Å². The van der Waals surface area contributed by atoms with Gasteiger partial charge in [0.1, 0.15) is 5.75 Å². The summed E-state index contributed by atoms with van der Waals surface area (Å²) in [6, 6.07) is 8.27. The first kappa shape index (κ1) is 24.0. The maximum absolute atomic E-state index is 5.36. The maximum Gasteiger partial charge on any atom is 0.191 e. The second-order valence-corrected chi connectivity index (χ2v) is 7.99. The molecule has 0 atom stereocenters. The standard InChI is InChI=1S/C21H35N3O2.HI/c1-20(2,17-8-6-9-18(14-17)26-5)15-23-19(22-3)24-16-21(10-7-11-21)12-13-25-4;/h6,8-9,14H,7,10-13,15-16H2,1-5H3,(H2,22,23,24);1H. The highest BCUT2D eigenvalue weighted by molar-refractivity contribution is 14.0. The van der Waals surface area contributed by atoms with Crippen LogP contribution in [0.3, 0.4) is 0 Å². The first-order chi connectivity index (χ1) is 12.4. The number of ether oxygens (including phenoxy) is 2. The van der Waals surface area contributed by atoms with Crippen LogP contribution in [-0.4, -0.2) is 46.9 Å². The Kier molecular flexibility index (Phi) is 9.87. The van der Waals surface area contributed by atoms with Gasteiger partial charge in [-0.2, -0.15) is 0 Å². The van der Waals surface area contributed by atoms with E-state index in [-0.39, 0.29) is 29.4 Å². The quantitative estimate of drug-likeness (QED) is 0.313. The highest BCUT2D eigenvalue weighted by Gasteiger charge is 2.36. The summed E-state index contributed by atoms with van der Waals surface area (Å²) < 4.78 is 10.6. The summed E-state index contributed by atoms with van der Waals surface area (Å²) in [5, 5.41) is 7.02. The number of methoxy groups -OCH3 is 2. The number of rotatable bonds is 9. The molecule has 1 aliphatic rings. The van der Waals surface area contributed by atoms with Gasteiger partial charge in [0.2, 0.25) is 0 Å². The van der Waals surface area contributed by atoms with E-state index in [9.17, 15) is 0 Å². The maximum atomic E-state index is 5.36. The fraction of sp³-hybridized carbons (Fsp3) is 0.667. The van der Waals surface area contributed by atoms with E-state index in [2.05, 4.69) is 41.6 Å². The number of hydrogen-bond acceptors (Lipinski definition) is 3. The lowest BCUT2D eigenvalue weighted by atomic mass is 9.67. The minimum Gasteiger partial charge on any atom is -0.497 e. The van der Waals surface area contributed by atoms with Crippen LogP contribution < -0.4 is 15.4 Å². The smallest absolute Gasteiger partial charge is 0.191 e. The summed E-state index contributed by atoms with van der Waals surface area (Å²) in [5.74, 6) is 1.76. The molecule has 0 aromatic heterocycles. The summed E-state index contributed by atoms with van der Waals surface area (Å²) in [7, 11) is 5.31. The van der Waals surface area contributed by atoms with E-state index >= 15 is 0 Å². The molecule has 1 aliphatic carbocycles. The molecule has 0 heterocycles. The molecular formula is C21H36IN3O2. The van der Waals surface area contributed by atoms with Crippen LogP contribution in [0.2, 0.25) is 0 Å². The molecule has 0 saturated heterocycles. The molecule has 0 unspecified atom stereocenters. The molecule has 6 heteroatoms. The molecule has 1 aromatic rings. The van der Waals surface area contributed by atoms with E-state index in [0.717, 1.165) is 37.8 Å². The van der Waals surface area contributed by atoms with Crippen molar-refractivity contribution in [3.63, 3.8) is 0 Å². The summed E-state index contributed by atoms with van der Waals surface area (Å²) >= 11 is 0. The Morgan fingerprint density at radius 1 is 1.22 bits per heavy atom. The fourth-order valence-electron chi connectivity index (χ4n) is 3.45. The van der Waals surface area contributed by atoms with Crippen molar-refractivity contribution in [2.45, 2.75) is 44.9 Å². The Morgan fingerprint density at radius 3 is 2.52 bits per heavy atom. The molecule has 0 aliphatic heterocycles. The average molecular weight is 489 g/mol. The van der Waals surface area contributed by atoms with Crippen LogP contribution in [0, 0.1) is 5.41 Å². The van der Waals surface area contributed by atoms with Gasteiger partial charge in [-0.3, -0.25) is 4.99 Å². The molecule has 27 heavy (non-hydrogen) atoms. The van der Waals surface area contributed by atoms with Gasteiger partial charge in [-0.05, 0) is 42.4 Å². The number of nitrogens with zero attached hydrogens (tertiary/aromatic N) is 1. The predicted molar refractivity (Wildman–Crippen MR) is 124 cm³/mol. The van der Waals surface area contributed by atoms with Gasteiger partial charge in [0.15, 0.2) is 5.96 Å². The van der Waals surface area contributed by atoms with E-state index in [4.69, 9.17) is 9.47 Å². The fourth-order valence-corrected chi connectivity index (χ4v) is 3.45. The zero-order chi connectivity index (χ0) is 19.0. The van der Waals surface area contributed by atoms with Crippen molar-refractivity contribution in [2.24, 2.45) is 10.4 Å². The number of hydrogen-bond donors (Lipinski definition) is 2. The normalized spacial score (nSPS) is 16.1. The molecule has 1 saturated carbocycles. The van der Waals surface area contributed by atoms with Crippen molar-refractivity contribution in [1.82, 2.24) is 10.6 Å². The second-order valence-electron chi connectivity index (χ2n) is 7.99. The monoisotopic (exact) mass is 489 g/mol. The largest absolute Gasteiger partial charge is 0.497 e. The molecule has 1 aromatic carbocycles. The first-order valence-corrected chi connectivity index (χ1v) is 9.53. The van der Waals surface area contributed by atoms with Crippen molar-refractivity contribution in [2.75, 3.05) is 41.0 Å². The molecule has 2 rings (SSSR count). The van der Waals surface area contributed by atoms with Crippen molar-refractivity contribution in [1.29, 1.82) is 0 Å². The number of aliphatic imine (C=N–C) groups is 1. The zero-order valence-electron chi connectivity index (χ0n) is 17.4. The molecular weight excluding hydrogens is 453 g/mol. The molecule has 1 fully saturated rings. The van der Waals surface area contributed by atoms with E-state index in [1.165, 1.54) is 24.8 Å². The lowest BCUT2D eigenvalue weighted by Gasteiger charge is -2.42. The predicted octanol–water partition coefficient (Wildman–Crippen LogP) is 3.96. The Balaban J connectivity index is 0.00000364. The van der Waals surface area contributed by atoms with Crippen LogP contribution in [0.4, 0.5) is 0 Å². The second kappa shape index (κ2) is 11.1. The van der Waals surface area contributed by atoms with E-state index < -0.39 is 0 Å². The number of halogens is 1. The minimum atomic E-state index is -0.0314. The SMILES string of the molecule is CN=C(NCC1(CCOC)CCC1)NCC(C)(C)c1cccc(OC)c1.I. The van der Waals surface area contributed by atoms with Crippen LogP contribution in [-0.2, 0) is 10.2 Å². The Morgan fingerprint density at radius 2 is 1.96 bits per heavy atom. The molecule has 5 nitrogen and oxygen atoms in total. The van der Waals surface area contributed by atoms with E-state index in [0.29, 0.717) is 5.41 Å². The topological polar surface area (TPSA) is 54.9 Å². The van der Waals surface area contributed by atoms with Crippen LogP contribution in [0.1, 0.15) is 45.1 Å². The summed E-state index contributed by atoms with van der Waals surface area (Å²) in [6.07, 6.45) is 4.98. The van der Waals surface area contributed by atoms with Crippen LogP contribution >= 0.6 is 24.0 Å². The van der Waals surface area contributed by atoms with E-state index in [1.54, 1.807) is 14.2 Å². The third-order valence-corrected chi connectivity index (χ3v) is 5.65. The lowest BCUT2D eigenvalue weighted by molar-refractivity contribution is 0.0732. The van der Waals surface area contributed by atoms with Crippen LogP contribution in [0.15, 0.2) is 29.3 Å². The Bertz CT molecular complexity index is 601. The third kappa shape index (κ3) is 6.82. The van der Waals surface area contributed by atoms with E-state index in [1.807, 2.05) is 19.2 Å². The van der Waals surface area contributed by atoms with Gasteiger partial charge in [-0.15, -0.1) is 24.0 Å². The minimum absolute atomic E-state index is 0. The summed E-state index contributed by atoms with van der Waals surface area (Å²) in [6.45, 7) is 7.04. The van der Waals surface area contributed by atoms with Crippen molar-refractivity contribution >= 4 is 29.9 Å².